The van der Waals surface area contributed by atoms with Crippen LogP contribution in [0, 0.1) is 6.92 Å². The molecule has 0 fully saturated rings. The topological polar surface area (TPSA) is 27.7 Å². The van der Waals surface area contributed by atoms with Gasteiger partial charge in [-0.2, -0.15) is 22.0 Å². The zero-order valence-electron chi connectivity index (χ0n) is 13.9. The third-order valence-electron chi connectivity index (χ3n) is 3.91. The molecule has 2 aromatic carbocycles. The van der Waals surface area contributed by atoms with E-state index in [0.29, 0.717) is 11.8 Å². The normalized spacial score (nSPS) is 16.4. The Hall–Kier alpha value is -2.51. The summed E-state index contributed by atoms with van der Waals surface area (Å²) < 4.78 is 79.6. The zero-order valence-corrected chi connectivity index (χ0v) is 13.9. The van der Waals surface area contributed by atoms with Gasteiger partial charge in [-0.25, -0.2) is 0 Å². The highest BCUT2D eigenvalue weighted by Crippen LogP contribution is 2.42. The number of ether oxygens (including phenoxy) is 3. The van der Waals surface area contributed by atoms with Gasteiger partial charge in [0, 0.05) is 12.5 Å². The van der Waals surface area contributed by atoms with Crippen LogP contribution in [0.1, 0.15) is 23.6 Å². The number of aryl methyl sites for hydroxylation is 1. The molecule has 0 radical (unpaired) electrons. The fraction of sp³-hybridized carbons (Fsp3) is 0.333. The van der Waals surface area contributed by atoms with Crippen molar-refractivity contribution in [3.63, 3.8) is 0 Å². The molecule has 1 heterocycles. The maximum Gasteiger partial charge on any atom is 0.416 e. The minimum absolute atomic E-state index is 0.00583. The minimum Gasteiger partial charge on any atom is -0.490 e. The lowest BCUT2D eigenvalue weighted by Crippen LogP contribution is -2.10. The molecule has 0 bridgehead atoms. The van der Waals surface area contributed by atoms with Crippen molar-refractivity contribution in [1.29, 1.82) is 0 Å². The molecule has 8 heteroatoms. The summed E-state index contributed by atoms with van der Waals surface area (Å²) in [6.45, 7) is -0.172. The minimum atomic E-state index is -4.69. The monoisotopic (exact) mass is 374 g/mol. The molecule has 3 rings (SSSR count). The van der Waals surface area contributed by atoms with Crippen LogP contribution in [-0.2, 0) is 12.6 Å². The second-order valence-electron chi connectivity index (χ2n) is 5.99. The average molecular weight is 374 g/mol. The first-order valence-corrected chi connectivity index (χ1v) is 7.77. The Morgan fingerprint density at radius 1 is 1.12 bits per heavy atom. The van der Waals surface area contributed by atoms with Crippen LogP contribution in [0.3, 0.4) is 0 Å². The van der Waals surface area contributed by atoms with Gasteiger partial charge in [-0.05, 0) is 43.2 Å². The van der Waals surface area contributed by atoms with Crippen LogP contribution in [0.15, 0.2) is 30.3 Å². The van der Waals surface area contributed by atoms with Gasteiger partial charge in [0.05, 0.1) is 5.56 Å². The zero-order chi connectivity index (χ0) is 19.1. The first-order valence-electron chi connectivity index (χ1n) is 7.77. The average Bonchev–Trinajstić information content (AvgIpc) is 2.87. The number of rotatable bonds is 4. The Morgan fingerprint density at radius 3 is 2.50 bits per heavy atom. The third kappa shape index (κ3) is 3.84. The fourth-order valence-electron chi connectivity index (χ4n) is 2.81. The molecule has 0 aromatic heterocycles. The Morgan fingerprint density at radius 2 is 1.85 bits per heavy atom. The van der Waals surface area contributed by atoms with E-state index in [1.165, 1.54) is 6.92 Å². The van der Waals surface area contributed by atoms with E-state index in [9.17, 15) is 22.0 Å². The quantitative estimate of drug-likeness (QED) is 0.640. The van der Waals surface area contributed by atoms with Gasteiger partial charge in [0.2, 0.25) is 0 Å². The van der Waals surface area contributed by atoms with Crippen LogP contribution in [0.5, 0.6) is 23.0 Å². The molecule has 1 aliphatic rings. The summed E-state index contributed by atoms with van der Waals surface area (Å²) in [4.78, 5) is 0. The maximum atomic E-state index is 13.0. The number of hydrogen-bond donors (Lipinski definition) is 0. The molecule has 1 aliphatic heterocycles. The molecular weight excluding hydrogens is 359 g/mol. The first-order chi connectivity index (χ1) is 12.1. The number of fused-ring (bicyclic) bond motifs is 1. The summed E-state index contributed by atoms with van der Waals surface area (Å²) >= 11 is 0. The van der Waals surface area contributed by atoms with Gasteiger partial charge in [0.25, 0.3) is 0 Å². The van der Waals surface area contributed by atoms with Crippen molar-refractivity contribution in [2.45, 2.75) is 39.2 Å². The largest absolute Gasteiger partial charge is 0.490 e. The highest BCUT2D eigenvalue weighted by molar-refractivity contribution is 5.51. The van der Waals surface area contributed by atoms with Crippen molar-refractivity contribution < 1.29 is 36.2 Å². The summed E-state index contributed by atoms with van der Waals surface area (Å²) in [5.74, 6) is -0.0828. The lowest BCUT2D eigenvalue weighted by molar-refractivity contribution is -0.138. The number of alkyl halides is 5. The molecule has 26 heavy (non-hydrogen) atoms. The van der Waals surface area contributed by atoms with E-state index in [4.69, 9.17) is 9.47 Å². The Kier molecular flexibility index (Phi) is 4.68. The van der Waals surface area contributed by atoms with Crippen molar-refractivity contribution in [2.24, 2.45) is 0 Å². The fourth-order valence-corrected chi connectivity index (χ4v) is 2.81. The molecule has 140 valence electrons. The number of halogens is 5. The predicted molar refractivity (Wildman–Crippen MR) is 83.1 cm³/mol. The van der Waals surface area contributed by atoms with E-state index in [1.807, 2.05) is 6.92 Å². The van der Waals surface area contributed by atoms with Crippen LogP contribution in [0.4, 0.5) is 22.0 Å². The van der Waals surface area contributed by atoms with Gasteiger partial charge < -0.3 is 14.2 Å². The van der Waals surface area contributed by atoms with Crippen LogP contribution >= 0.6 is 0 Å². The number of benzene rings is 2. The lowest BCUT2D eigenvalue weighted by atomic mass is 10.1. The molecule has 0 saturated carbocycles. The maximum absolute atomic E-state index is 13.0. The lowest BCUT2D eigenvalue weighted by Gasteiger charge is -2.17. The van der Waals surface area contributed by atoms with E-state index >= 15 is 0 Å². The SMILES string of the molecule is Cc1cc(Oc2ccc3c(c2)OC(C)C3)c(OC(F)F)cc1C(F)(F)F. The Bertz CT molecular complexity index is 817. The van der Waals surface area contributed by atoms with Crippen LogP contribution in [0.25, 0.3) is 0 Å². The predicted octanol–water partition coefficient (Wildman–Crippen LogP) is 5.73. The van der Waals surface area contributed by atoms with Gasteiger partial charge in [-0.3, -0.25) is 0 Å². The van der Waals surface area contributed by atoms with Crippen LogP contribution < -0.4 is 14.2 Å². The molecule has 0 N–H and O–H groups in total. The second kappa shape index (κ2) is 6.66. The smallest absolute Gasteiger partial charge is 0.416 e. The summed E-state index contributed by atoms with van der Waals surface area (Å²) in [7, 11) is 0. The van der Waals surface area contributed by atoms with Crippen molar-refractivity contribution >= 4 is 0 Å². The van der Waals surface area contributed by atoms with Crippen LogP contribution in [-0.4, -0.2) is 12.7 Å². The van der Waals surface area contributed by atoms with E-state index in [2.05, 4.69) is 4.74 Å². The van der Waals surface area contributed by atoms with E-state index < -0.39 is 24.1 Å². The summed E-state index contributed by atoms with van der Waals surface area (Å²) in [6.07, 6.45) is -3.96. The third-order valence-corrected chi connectivity index (χ3v) is 3.91. The van der Waals surface area contributed by atoms with Gasteiger partial charge in [-0.1, -0.05) is 6.07 Å². The van der Waals surface area contributed by atoms with E-state index in [1.54, 1.807) is 18.2 Å². The molecule has 0 aliphatic carbocycles. The highest BCUT2D eigenvalue weighted by atomic mass is 19.4. The van der Waals surface area contributed by atoms with Gasteiger partial charge in [0.15, 0.2) is 11.5 Å². The second-order valence-corrected chi connectivity index (χ2v) is 5.99. The molecule has 1 atom stereocenters. The molecule has 0 amide bonds. The number of hydrogen-bond acceptors (Lipinski definition) is 3. The van der Waals surface area contributed by atoms with Crippen molar-refractivity contribution in [3.05, 3.63) is 47.0 Å². The van der Waals surface area contributed by atoms with Crippen molar-refractivity contribution in [2.75, 3.05) is 0 Å². The molecule has 3 nitrogen and oxygen atoms in total. The molecule has 0 saturated heterocycles. The molecule has 1 unspecified atom stereocenters. The van der Waals surface area contributed by atoms with Crippen molar-refractivity contribution in [3.8, 4) is 23.0 Å². The first kappa shape index (κ1) is 18.3. The molecule has 0 spiro atoms. The molecular formula is C18H15F5O3. The van der Waals surface area contributed by atoms with E-state index in [0.717, 1.165) is 18.1 Å². The van der Waals surface area contributed by atoms with Gasteiger partial charge >= 0.3 is 12.8 Å². The summed E-state index contributed by atoms with van der Waals surface area (Å²) in [5, 5.41) is 0. The summed E-state index contributed by atoms with van der Waals surface area (Å²) in [5.41, 5.74) is -0.260. The molecule has 2 aromatic rings. The highest BCUT2D eigenvalue weighted by Gasteiger charge is 2.34. The van der Waals surface area contributed by atoms with Crippen molar-refractivity contribution in [1.82, 2.24) is 0 Å². The van der Waals surface area contributed by atoms with Gasteiger partial charge in [-0.15, -0.1) is 0 Å². The van der Waals surface area contributed by atoms with E-state index in [-0.39, 0.29) is 23.2 Å². The van der Waals surface area contributed by atoms with Gasteiger partial charge in [0.1, 0.15) is 17.6 Å². The van der Waals surface area contributed by atoms with Crippen LogP contribution in [0.2, 0.25) is 0 Å². The summed E-state index contributed by atoms with van der Waals surface area (Å²) in [6, 6.07) is 6.47. The Labute approximate surface area is 146 Å². The standard InChI is InChI=1S/C18H15F5O3/c1-9-5-15(16(26-17(19)20)8-13(9)18(21,22)23)25-12-4-3-11-6-10(2)24-14(11)7-12/h3-5,7-8,10,17H,6H2,1-2H3. The Balaban J connectivity index is 1.96.